The van der Waals surface area contributed by atoms with Gasteiger partial charge in [-0.05, 0) is 39.0 Å². The first kappa shape index (κ1) is 17.8. The number of ether oxygens (including phenoxy) is 2. The van der Waals surface area contributed by atoms with Crippen LogP contribution >= 0.6 is 0 Å². The van der Waals surface area contributed by atoms with E-state index in [1.54, 1.807) is 38.1 Å². The van der Waals surface area contributed by atoms with Gasteiger partial charge in [-0.2, -0.15) is 0 Å². The zero-order valence-corrected chi connectivity index (χ0v) is 15.1. The predicted molar refractivity (Wildman–Crippen MR) is 95.8 cm³/mol. The van der Waals surface area contributed by atoms with Crippen molar-refractivity contribution in [2.45, 2.75) is 20.8 Å². The lowest BCUT2D eigenvalue weighted by Gasteiger charge is -2.21. The smallest absolute Gasteiger partial charge is 0.257 e. The standard InChI is InChI=1S/C19H22N2O5/c1-4-21(19(23)15-9-12(2)26-13(15)3)11-18(22)20-14-5-6-16-17(10-14)25-8-7-24-16/h5-6,9-10H,4,7-8,11H2,1-3H3,(H,20,22). The molecule has 0 atom stereocenters. The molecule has 0 fully saturated rings. The first-order chi connectivity index (χ1) is 12.5. The highest BCUT2D eigenvalue weighted by atomic mass is 16.6. The van der Waals surface area contributed by atoms with Crippen LogP contribution in [0.25, 0.3) is 0 Å². The summed E-state index contributed by atoms with van der Waals surface area (Å²) in [5.74, 6) is 1.97. The summed E-state index contributed by atoms with van der Waals surface area (Å²) in [4.78, 5) is 26.5. The summed E-state index contributed by atoms with van der Waals surface area (Å²) in [6.45, 7) is 6.71. The van der Waals surface area contributed by atoms with Crippen LogP contribution in [0.3, 0.4) is 0 Å². The van der Waals surface area contributed by atoms with Crippen molar-refractivity contribution in [2.24, 2.45) is 0 Å². The van der Waals surface area contributed by atoms with Crippen LogP contribution in [0, 0.1) is 13.8 Å². The van der Waals surface area contributed by atoms with Gasteiger partial charge in [0, 0.05) is 18.3 Å². The number of carbonyl (C=O) groups is 2. The number of fused-ring (bicyclic) bond motifs is 1. The highest BCUT2D eigenvalue weighted by Crippen LogP contribution is 2.32. The van der Waals surface area contributed by atoms with Gasteiger partial charge in [-0.25, -0.2) is 0 Å². The van der Waals surface area contributed by atoms with Crippen molar-refractivity contribution in [1.82, 2.24) is 4.90 Å². The molecule has 0 unspecified atom stereocenters. The summed E-state index contributed by atoms with van der Waals surface area (Å²) in [7, 11) is 0. The van der Waals surface area contributed by atoms with Crippen LogP contribution in [0.15, 0.2) is 28.7 Å². The monoisotopic (exact) mass is 358 g/mol. The Kier molecular flexibility index (Phi) is 5.16. The molecule has 2 heterocycles. The lowest BCUT2D eigenvalue weighted by atomic mass is 10.2. The van der Waals surface area contributed by atoms with Crippen molar-refractivity contribution in [3.63, 3.8) is 0 Å². The highest BCUT2D eigenvalue weighted by molar-refractivity contribution is 6.00. The molecule has 0 spiro atoms. The number of benzene rings is 1. The summed E-state index contributed by atoms with van der Waals surface area (Å²) in [5.41, 5.74) is 1.08. The average Bonchev–Trinajstić information content (AvgIpc) is 2.97. The lowest BCUT2D eigenvalue weighted by molar-refractivity contribution is -0.116. The van der Waals surface area contributed by atoms with Crippen molar-refractivity contribution in [3.8, 4) is 11.5 Å². The van der Waals surface area contributed by atoms with E-state index in [-0.39, 0.29) is 18.4 Å². The van der Waals surface area contributed by atoms with E-state index >= 15 is 0 Å². The fourth-order valence-corrected chi connectivity index (χ4v) is 2.84. The summed E-state index contributed by atoms with van der Waals surface area (Å²) in [6, 6.07) is 6.91. The fraction of sp³-hybridized carbons (Fsp3) is 0.368. The van der Waals surface area contributed by atoms with Gasteiger partial charge < -0.3 is 24.1 Å². The zero-order valence-electron chi connectivity index (χ0n) is 15.1. The van der Waals surface area contributed by atoms with Crippen molar-refractivity contribution in [1.29, 1.82) is 0 Å². The second-order valence-corrected chi connectivity index (χ2v) is 6.05. The Morgan fingerprint density at radius 1 is 1.12 bits per heavy atom. The number of likely N-dealkylation sites (N-methyl/N-ethyl adjacent to an activating group) is 1. The molecule has 2 amide bonds. The van der Waals surface area contributed by atoms with Crippen molar-refractivity contribution >= 4 is 17.5 Å². The number of hydrogen-bond donors (Lipinski definition) is 1. The van der Waals surface area contributed by atoms with Gasteiger partial charge in [0.05, 0.1) is 5.56 Å². The molecule has 0 bridgehead atoms. The number of nitrogens with zero attached hydrogens (tertiary/aromatic N) is 1. The zero-order chi connectivity index (χ0) is 18.7. The number of nitrogens with one attached hydrogen (secondary N) is 1. The maximum Gasteiger partial charge on any atom is 0.257 e. The molecule has 1 aromatic heterocycles. The van der Waals surface area contributed by atoms with Crippen LogP contribution in [-0.2, 0) is 4.79 Å². The van der Waals surface area contributed by atoms with Gasteiger partial charge in [-0.1, -0.05) is 0 Å². The van der Waals surface area contributed by atoms with Gasteiger partial charge in [0.2, 0.25) is 5.91 Å². The predicted octanol–water partition coefficient (Wildman–Crippen LogP) is 2.77. The van der Waals surface area contributed by atoms with Crippen LogP contribution in [0.4, 0.5) is 5.69 Å². The molecule has 0 saturated carbocycles. The maximum atomic E-state index is 12.6. The molecule has 1 aliphatic heterocycles. The maximum absolute atomic E-state index is 12.6. The van der Waals surface area contributed by atoms with E-state index in [2.05, 4.69) is 5.32 Å². The molecule has 1 aromatic carbocycles. The number of aryl methyl sites for hydroxylation is 2. The lowest BCUT2D eigenvalue weighted by Crippen LogP contribution is -2.38. The molecule has 2 aromatic rings. The Labute approximate surface area is 151 Å². The molecule has 1 aliphatic rings. The highest BCUT2D eigenvalue weighted by Gasteiger charge is 2.22. The Hall–Kier alpha value is -2.96. The molecule has 0 radical (unpaired) electrons. The number of amides is 2. The summed E-state index contributed by atoms with van der Waals surface area (Å²) in [5, 5.41) is 2.79. The van der Waals surface area contributed by atoms with E-state index in [9.17, 15) is 9.59 Å². The Morgan fingerprint density at radius 3 is 2.50 bits per heavy atom. The third kappa shape index (κ3) is 3.82. The van der Waals surface area contributed by atoms with Crippen LogP contribution < -0.4 is 14.8 Å². The molecule has 7 nitrogen and oxygen atoms in total. The molecule has 0 aliphatic carbocycles. The van der Waals surface area contributed by atoms with Crippen molar-refractivity contribution in [3.05, 3.63) is 41.3 Å². The molecule has 3 rings (SSSR count). The van der Waals surface area contributed by atoms with Gasteiger partial charge in [-0.3, -0.25) is 9.59 Å². The molecule has 1 N–H and O–H groups in total. The van der Waals surface area contributed by atoms with Gasteiger partial charge in [0.1, 0.15) is 31.3 Å². The SMILES string of the molecule is CCN(CC(=O)Nc1ccc2c(c1)OCCO2)C(=O)c1cc(C)oc1C. The fourth-order valence-electron chi connectivity index (χ4n) is 2.84. The van der Waals surface area contributed by atoms with E-state index < -0.39 is 0 Å². The van der Waals surface area contributed by atoms with E-state index in [0.717, 1.165) is 0 Å². The summed E-state index contributed by atoms with van der Waals surface area (Å²) in [6.07, 6.45) is 0. The first-order valence-corrected chi connectivity index (χ1v) is 8.53. The molecule has 26 heavy (non-hydrogen) atoms. The molecular weight excluding hydrogens is 336 g/mol. The van der Waals surface area contributed by atoms with Crippen molar-refractivity contribution in [2.75, 3.05) is 31.6 Å². The third-order valence-corrected chi connectivity index (χ3v) is 4.10. The minimum Gasteiger partial charge on any atom is -0.486 e. The Bertz CT molecular complexity index is 827. The molecule has 138 valence electrons. The largest absolute Gasteiger partial charge is 0.486 e. The summed E-state index contributed by atoms with van der Waals surface area (Å²) >= 11 is 0. The number of hydrogen-bond acceptors (Lipinski definition) is 5. The van der Waals surface area contributed by atoms with Crippen LogP contribution in [0.1, 0.15) is 28.8 Å². The molecule has 7 heteroatoms. The van der Waals surface area contributed by atoms with Gasteiger partial charge in [0.15, 0.2) is 11.5 Å². The Balaban J connectivity index is 1.66. The third-order valence-electron chi connectivity index (χ3n) is 4.10. The van der Waals surface area contributed by atoms with Crippen LogP contribution in [0.2, 0.25) is 0 Å². The van der Waals surface area contributed by atoms with Crippen LogP contribution in [-0.4, -0.2) is 43.0 Å². The number of rotatable bonds is 5. The van der Waals surface area contributed by atoms with E-state index in [1.165, 1.54) is 4.90 Å². The summed E-state index contributed by atoms with van der Waals surface area (Å²) < 4.78 is 16.4. The number of furan rings is 1. The molecular formula is C19H22N2O5. The van der Waals surface area contributed by atoms with Gasteiger partial charge >= 0.3 is 0 Å². The normalized spacial score (nSPS) is 12.6. The van der Waals surface area contributed by atoms with E-state index in [4.69, 9.17) is 13.9 Å². The van der Waals surface area contributed by atoms with Crippen molar-refractivity contribution < 1.29 is 23.5 Å². The second kappa shape index (κ2) is 7.51. The van der Waals surface area contributed by atoms with E-state index in [0.29, 0.717) is 54.0 Å². The minimum atomic E-state index is -0.283. The van der Waals surface area contributed by atoms with Crippen LogP contribution in [0.5, 0.6) is 11.5 Å². The van der Waals surface area contributed by atoms with E-state index in [1.807, 2.05) is 6.92 Å². The Morgan fingerprint density at radius 2 is 1.85 bits per heavy atom. The average molecular weight is 358 g/mol. The van der Waals surface area contributed by atoms with Gasteiger partial charge in [0.25, 0.3) is 5.91 Å². The quantitative estimate of drug-likeness (QED) is 0.889. The molecule has 0 saturated heterocycles. The number of anilines is 1. The first-order valence-electron chi connectivity index (χ1n) is 8.53. The second-order valence-electron chi connectivity index (χ2n) is 6.05. The number of carbonyl (C=O) groups excluding carboxylic acids is 2. The minimum absolute atomic E-state index is 0.0482. The topological polar surface area (TPSA) is 81.0 Å². The van der Waals surface area contributed by atoms with Gasteiger partial charge in [-0.15, -0.1) is 0 Å².